The summed E-state index contributed by atoms with van der Waals surface area (Å²) >= 11 is 0. The third-order valence-electron chi connectivity index (χ3n) is 3.90. The van der Waals surface area contributed by atoms with E-state index in [0.29, 0.717) is 11.3 Å². The molecule has 2 N–H and O–H groups in total. The summed E-state index contributed by atoms with van der Waals surface area (Å²) < 4.78 is 52.5. The fourth-order valence-corrected chi connectivity index (χ4v) is 3.12. The molecule has 1 unspecified atom stereocenters. The Balaban J connectivity index is 2.17. The molecule has 1 atom stereocenters. The zero-order valence-corrected chi connectivity index (χ0v) is 14.8. The molecule has 0 aliphatic heterocycles. The molecule has 0 aliphatic rings. The van der Waals surface area contributed by atoms with E-state index < -0.39 is 21.6 Å². The summed E-state index contributed by atoms with van der Waals surface area (Å²) in [7, 11) is -3.45. The lowest BCUT2D eigenvalue weighted by atomic mass is 10.1. The summed E-state index contributed by atoms with van der Waals surface area (Å²) in [6, 6.07) is 13.3. The predicted molar refractivity (Wildman–Crippen MR) is 95.0 cm³/mol. The molecule has 0 fully saturated rings. The van der Waals surface area contributed by atoms with Gasteiger partial charge in [0.15, 0.2) is 5.69 Å². The van der Waals surface area contributed by atoms with Crippen LogP contribution in [-0.2, 0) is 20.7 Å². The first kappa shape index (κ1) is 18.9. The minimum absolute atomic E-state index is 0.0290. The van der Waals surface area contributed by atoms with Crippen LogP contribution in [0.25, 0.3) is 16.9 Å². The molecule has 0 amide bonds. The predicted octanol–water partition coefficient (Wildman–Crippen LogP) is 3.45. The van der Waals surface area contributed by atoms with E-state index in [1.807, 2.05) is 6.92 Å². The number of nitrogens with two attached hydrogens (primary N) is 1. The van der Waals surface area contributed by atoms with Gasteiger partial charge in [-0.25, -0.2) is 18.8 Å². The van der Waals surface area contributed by atoms with E-state index >= 15 is 0 Å². The molecule has 0 saturated carbocycles. The van der Waals surface area contributed by atoms with Crippen molar-refractivity contribution in [3.63, 3.8) is 0 Å². The molecule has 1 aromatic heterocycles. The molecule has 140 valence electrons. The molecule has 2 aromatic carbocycles. The Morgan fingerprint density at radius 1 is 1.07 bits per heavy atom. The number of carbonyl (C=O) groups excluding carboxylic acids is 1. The first-order chi connectivity index (χ1) is 12.6. The molecule has 0 spiro atoms. The molecule has 3 aromatic rings. The maximum absolute atomic E-state index is 13.2. The summed E-state index contributed by atoms with van der Waals surface area (Å²) in [4.78, 5) is 10.7. The Morgan fingerprint density at radius 2 is 1.67 bits per heavy atom. The van der Waals surface area contributed by atoms with Crippen molar-refractivity contribution in [3.8, 4) is 16.9 Å². The quantitative estimate of drug-likeness (QED) is 0.693. The summed E-state index contributed by atoms with van der Waals surface area (Å²) in [6.45, 7) is 1.87. The van der Waals surface area contributed by atoms with Gasteiger partial charge in [0.25, 0.3) is 0 Å². The number of halogens is 3. The topological polar surface area (TPSA) is 78.0 Å². The highest BCUT2D eigenvalue weighted by atomic mass is 32.2. The van der Waals surface area contributed by atoms with Crippen LogP contribution in [0, 0.1) is 6.92 Å². The Labute approximate surface area is 153 Å². The summed E-state index contributed by atoms with van der Waals surface area (Å²) in [5, 5.41) is 10.3. The van der Waals surface area contributed by atoms with Crippen LogP contribution in [0.15, 0.2) is 59.5 Å². The zero-order chi connectivity index (χ0) is 19.8. The van der Waals surface area contributed by atoms with E-state index in [1.54, 1.807) is 24.3 Å². The lowest BCUT2D eigenvalue weighted by Gasteiger charge is -2.09. The zero-order valence-electron chi connectivity index (χ0n) is 14.0. The first-order valence-corrected chi connectivity index (χ1v) is 9.29. The van der Waals surface area contributed by atoms with Crippen LogP contribution in [0.5, 0.6) is 0 Å². The van der Waals surface area contributed by atoms with Crippen LogP contribution in [-0.4, -0.2) is 19.2 Å². The van der Waals surface area contributed by atoms with Crippen molar-refractivity contribution in [2.75, 3.05) is 0 Å². The van der Waals surface area contributed by atoms with Gasteiger partial charge in [-0.1, -0.05) is 29.8 Å². The molecule has 0 bridgehead atoms. The van der Waals surface area contributed by atoms with Gasteiger partial charge in [-0.15, -0.1) is 0 Å². The van der Waals surface area contributed by atoms with Gasteiger partial charge in [-0.2, -0.15) is 18.3 Å². The normalized spacial score (nSPS) is 13.8. The van der Waals surface area contributed by atoms with Gasteiger partial charge in [-0.3, -0.25) is 0 Å². The van der Waals surface area contributed by atoms with Crippen molar-refractivity contribution in [2.24, 2.45) is 5.14 Å². The summed E-state index contributed by atoms with van der Waals surface area (Å²) in [6.07, 6.45) is -4.61. The Kier molecular flexibility index (Phi) is 4.69. The van der Waals surface area contributed by atoms with Gasteiger partial charge >= 0.3 is 6.18 Å². The lowest BCUT2D eigenvalue weighted by molar-refractivity contribution is -0.141. The largest absolute Gasteiger partial charge is 0.435 e. The smallest absolute Gasteiger partial charge is 0.246 e. The van der Waals surface area contributed by atoms with E-state index in [2.05, 4.69) is 5.10 Å². The first-order valence-electron chi connectivity index (χ1n) is 7.67. The van der Waals surface area contributed by atoms with Gasteiger partial charge in [0, 0.05) is 5.56 Å². The number of alkyl halides is 3. The van der Waals surface area contributed by atoms with E-state index in [0.717, 1.165) is 16.3 Å². The molecule has 0 saturated heterocycles. The van der Waals surface area contributed by atoms with Crippen LogP contribution in [0.2, 0.25) is 0 Å². The van der Waals surface area contributed by atoms with Crippen molar-refractivity contribution in [1.29, 1.82) is 0 Å². The molecule has 0 aliphatic carbocycles. The molecule has 5 nitrogen and oxygen atoms in total. The highest BCUT2D eigenvalue weighted by Gasteiger charge is 2.35. The number of aryl methyl sites for hydroxylation is 1. The standard InChI is InChI=1S/C18H14F3N3O2S/c1-12-2-4-13(5-3-12)16-10-17(18(19,20)21)23-24(16)14-6-8-15(9-7-14)27(22,26)11-25/h2-10H,1H3,(H2,22,26). The third kappa shape index (κ3) is 3.80. The number of aromatic nitrogens is 2. The van der Waals surface area contributed by atoms with Gasteiger partial charge < -0.3 is 0 Å². The van der Waals surface area contributed by atoms with Crippen LogP contribution in [0.3, 0.4) is 0 Å². The maximum Gasteiger partial charge on any atom is 0.435 e. The molecular weight excluding hydrogens is 379 g/mol. The monoisotopic (exact) mass is 393 g/mol. The SMILES string of the molecule is Cc1ccc(-c2cc(C(F)(F)F)nn2-c2ccc(S(N)(=O)=C=O)cc2)cc1. The highest BCUT2D eigenvalue weighted by Crippen LogP contribution is 2.33. The van der Waals surface area contributed by atoms with Crippen LogP contribution < -0.4 is 5.14 Å². The Hall–Kier alpha value is -2.87. The number of nitrogens with zero attached hydrogens (tertiary/aromatic N) is 2. The van der Waals surface area contributed by atoms with Gasteiger partial charge in [0.1, 0.15) is 9.71 Å². The minimum atomic E-state index is -4.61. The number of hydrogen-bond acceptors (Lipinski definition) is 3. The van der Waals surface area contributed by atoms with Crippen LogP contribution >= 0.6 is 0 Å². The van der Waals surface area contributed by atoms with Crippen molar-refractivity contribution in [3.05, 3.63) is 65.9 Å². The second-order valence-electron chi connectivity index (χ2n) is 5.87. The number of hydrogen-bond donors (Lipinski definition) is 1. The summed E-state index contributed by atoms with van der Waals surface area (Å²) in [5.74, 6) is 0. The van der Waals surface area contributed by atoms with E-state index in [4.69, 9.17) is 5.14 Å². The van der Waals surface area contributed by atoms with E-state index in [-0.39, 0.29) is 10.6 Å². The second kappa shape index (κ2) is 6.70. The fourth-order valence-electron chi connectivity index (χ4n) is 2.48. The lowest BCUT2D eigenvalue weighted by Crippen LogP contribution is -2.13. The highest BCUT2D eigenvalue weighted by molar-refractivity contribution is 7.98. The van der Waals surface area contributed by atoms with Gasteiger partial charge in [-0.05, 0) is 37.3 Å². The molecular formula is C18H14F3N3O2S. The van der Waals surface area contributed by atoms with Gasteiger partial charge in [0.2, 0.25) is 5.23 Å². The van der Waals surface area contributed by atoms with Crippen LogP contribution in [0.4, 0.5) is 13.2 Å². The average molecular weight is 393 g/mol. The maximum atomic E-state index is 13.2. The molecule has 0 radical (unpaired) electrons. The second-order valence-corrected chi connectivity index (χ2v) is 7.71. The Morgan fingerprint density at radius 3 is 2.19 bits per heavy atom. The van der Waals surface area contributed by atoms with Crippen molar-refractivity contribution >= 4 is 14.9 Å². The van der Waals surface area contributed by atoms with Gasteiger partial charge in [0.05, 0.1) is 16.3 Å². The minimum Gasteiger partial charge on any atom is -0.246 e. The number of rotatable bonds is 3. The van der Waals surface area contributed by atoms with Crippen LogP contribution in [0.1, 0.15) is 11.3 Å². The average Bonchev–Trinajstić information content (AvgIpc) is 3.08. The fraction of sp³-hybridized carbons (Fsp3) is 0.111. The Bertz CT molecular complexity index is 1120. The molecule has 1 heterocycles. The number of benzene rings is 2. The molecule has 27 heavy (non-hydrogen) atoms. The van der Waals surface area contributed by atoms with Crippen molar-refractivity contribution in [1.82, 2.24) is 9.78 Å². The van der Waals surface area contributed by atoms with Crippen molar-refractivity contribution < 1.29 is 22.2 Å². The van der Waals surface area contributed by atoms with E-state index in [1.165, 1.54) is 29.5 Å². The molecule has 9 heteroatoms. The molecule has 3 rings (SSSR count). The third-order valence-corrected chi connectivity index (χ3v) is 5.12. The van der Waals surface area contributed by atoms with E-state index in [9.17, 15) is 22.2 Å². The summed E-state index contributed by atoms with van der Waals surface area (Å²) in [5.41, 5.74) is 1.02. The van der Waals surface area contributed by atoms with Crippen molar-refractivity contribution in [2.45, 2.75) is 18.0 Å².